The van der Waals surface area contributed by atoms with Crippen LogP contribution in [0.4, 0.5) is 14.5 Å². The molecule has 1 aromatic carbocycles. The molecule has 0 aliphatic heterocycles. The number of halogens is 2. The minimum atomic E-state index is -1.53. The van der Waals surface area contributed by atoms with Gasteiger partial charge in [0.15, 0.2) is 11.6 Å². The summed E-state index contributed by atoms with van der Waals surface area (Å²) in [7, 11) is 0. The normalized spacial score (nSPS) is 14.1. The molecule has 6 heteroatoms. The number of rotatable bonds is 5. The first-order valence-electron chi connectivity index (χ1n) is 5.46. The molecule has 100 valence electrons. The first-order chi connectivity index (χ1) is 8.28. The molecule has 18 heavy (non-hydrogen) atoms. The Kier molecular flexibility index (Phi) is 4.24. The molecule has 0 aromatic heterocycles. The van der Waals surface area contributed by atoms with Crippen molar-refractivity contribution in [3.63, 3.8) is 0 Å². The van der Waals surface area contributed by atoms with Gasteiger partial charge in [-0.15, -0.1) is 0 Å². The second-order valence-corrected chi connectivity index (χ2v) is 4.30. The van der Waals surface area contributed by atoms with Gasteiger partial charge < -0.3 is 15.5 Å². The van der Waals surface area contributed by atoms with Crippen LogP contribution >= 0.6 is 0 Å². The van der Waals surface area contributed by atoms with Crippen LogP contribution in [0.15, 0.2) is 12.1 Å². The molecule has 1 rings (SSSR count). The summed E-state index contributed by atoms with van der Waals surface area (Å²) >= 11 is 0. The van der Waals surface area contributed by atoms with E-state index in [-0.39, 0.29) is 12.2 Å². The second kappa shape index (κ2) is 5.30. The van der Waals surface area contributed by atoms with E-state index in [0.29, 0.717) is 6.42 Å². The van der Waals surface area contributed by atoms with Crippen molar-refractivity contribution in [2.45, 2.75) is 25.9 Å². The van der Waals surface area contributed by atoms with Gasteiger partial charge in [-0.2, -0.15) is 0 Å². The summed E-state index contributed by atoms with van der Waals surface area (Å²) in [5, 5.41) is 20.9. The molecule has 0 bridgehead atoms. The van der Waals surface area contributed by atoms with Gasteiger partial charge in [0.1, 0.15) is 0 Å². The maximum atomic E-state index is 13.5. The molecule has 1 unspecified atom stereocenters. The highest BCUT2D eigenvalue weighted by molar-refractivity contribution is 5.88. The van der Waals surface area contributed by atoms with Crippen molar-refractivity contribution in [3.05, 3.63) is 29.3 Å². The fourth-order valence-electron chi connectivity index (χ4n) is 1.26. The fourth-order valence-corrected chi connectivity index (χ4v) is 1.26. The van der Waals surface area contributed by atoms with Crippen molar-refractivity contribution < 1.29 is 23.8 Å². The smallest absolute Gasteiger partial charge is 0.338 e. The van der Waals surface area contributed by atoms with E-state index in [4.69, 9.17) is 5.11 Å². The number of anilines is 1. The lowest BCUT2D eigenvalue weighted by molar-refractivity contribution is 0.0682. The van der Waals surface area contributed by atoms with Crippen molar-refractivity contribution >= 4 is 11.7 Å². The molecule has 0 spiro atoms. The molecule has 0 fully saturated rings. The molecule has 0 aliphatic carbocycles. The summed E-state index contributed by atoms with van der Waals surface area (Å²) in [4.78, 5) is 10.6. The minimum absolute atomic E-state index is 0.0340. The van der Waals surface area contributed by atoms with Gasteiger partial charge in [0.25, 0.3) is 0 Å². The molecule has 4 nitrogen and oxygen atoms in total. The van der Waals surface area contributed by atoms with E-state index < -0.39 is 28.8 Å². The summed E-state index contributed by atoms with van der Waals surface area (Å²) < 4.78 is 26.9. The SMILES string of the molecule is CCC(C)(O)CNc1ccc(C(=O)O)c(F)c1F. The lowest BCUT2D eigenvalue weighted by Gasteiger charge is -2.22. The number of aliphatic hydroxyl groups is 1. The Morgan fingerprint density at radius 2 is 2.00 bits per heavy atom. The van der Waals surface area contributed by atoms with Crippen molar-refractivity contribution in [1.29, 1.82) is 0 Å². The third-order valence-electron chi connectivity index (χ3n) is 2.73. The number of nitrogens with one attached hydrogen (secondary N) is 1. The Morgan fingerprint density at radius 1 is 1.39 bits per heavy atom. The number of aromatic carboxylic acids is 1. The van der Waals surface area contributed by atoms with E-state index in [1.807, 2.05) is 0 Å². The van der Waals surface area contributed by atoms with Crippen LogP contribution < -0.4 is 5.32 Å². The summed E-state index contributed by atoms with van der Waals surface area (Å²) in [6, 6.07) is 2.11. The van der Waals surface area contributed by atoms with Crippen molar-refractivity contribution in [2.75, 3.05) is 11.9 Å². The lowest BCUT2D eigenvalue weighted by Crippen LogP contribution is -2.32. The van der Waals surface area contributed by atoms with E-state index in [1.165, 1.54) is 0 Å². The summed E-state index contributed by atoms with van der Waals surface area (Å²) in [5.74, 6) is -4.20. The van der Waals surface area contributed by atoms with Crippen LogP contribution in [0.25, 0.3) is 0 Å². The molecule has 0 aliphatic rings. The van der Waals surface area contributed by atoms with Crippen LogP contribution in [0, 0.1) is 11.6 Å². The monoisotopic (exact) mass is 259 g/mol. The second-order valence-electron chi connectivity index (χ2n) is 4.30. The Morgan fingerprint density at radius 3 is 2.50 bits per heavy atom. The quantitative estimate of drug-likeness (QED) is 0.758. The Bertz CT molecular complexity index is 461. The first-order valence-corrected chi connectivity index (χ1v) is 5.46. The minimum Gasteiger partial charge on any atom is -0.478 e. The molecule has 0 radical (unpaired) electrons. The predicted molar refractivity (Wildman–Crippen MR) is 62.7 cm³/mol. The Balaban J connectivity index is 2.93. The van der Waals surface area contributed by atoms with E-state index in [9.17, 15) is 18.7 Å². The standard InChI is InChI=1S/C12H15F2NO3/c1-3-12(2,18)6-15-8-5-4-7(11(16)17)9(13)10(8)14/h4-5,15,18H,3,6H2,1-2H3,(H,16,17). The Labute approximate surface area is 103 Å². The highest BCUT2D eigenvalue weighted by atomic mass is 19.2. The topological polar surface area (TPSA) is 69.6 Å². The average molecular weight is 259 g/mol. The van der Waals surface area contributed by atoms with Gasteiger partial charge in [-0.1, -0.05) is 6.92 Å². The Hall–Kier alpha value is -1.69. The molecule has 1 aromatic rings. The van der Waals surface area contributed by atoms with Gasteiger partial charge >= 0.3 is 5.97 Å². The van der Waals surface area contributed by atoms with Crippen LogP contribution in [0.3, 0.4) is 0 Å². The third-order valence-corrected chi connectivity index (χ3v) is 2.73. The van der Waals surface area contributed by atoms with Crippen molar-refractivity contribution in [1.82, 2.24) is 0 Å². The van der Waals surface area contributed by atoms with Crippen LogP contribution in [0.5, 0.6) is 0 Å². The first kappa shape index (κ1) is 14.4. The van der Waals surface area contributed by atoms with Gasteiger partial charge in [0.05, 0.1) is 16.9 Å². The molecule has 1 atom stereocenters. The number of carboxylic acid groups (broad SMARTS) is 1. The van der Waals surface area contributed by atoms with Crippen LogP contribution in [-0.4, -0.2) is 28.3 Å². The number of carbonyl (C=O) groups is 1. The number of benzene rings is 1. The summed E-state index contributed by atoms with van der Waals surface area (Å²) in [5.41, 5.74) is -1.94. The lowest BCUT2D eigenvalue weighted by atomic mass is 10.0. The largest absolute Gasteiger partial charge is 0.478 e. The maximum Gasteiger partial charge on any atom is 0.338 e. The summed E-state index contributed by atoms with van der Waals surface area (Å²) in [6.45, 7) is 3.35. The molecule has 0 amide bonds. The predicted octanol–water partition coefficient (Wildman–Crippen LogP) is 2.24. The summed E-state index contributed by atoms with van der Waals surface area (Å²) in [6.07, 6.45) is 0.442. The van der Waals surface area contributed by atoms with Crippen LogP contribution in [-0.2, 0) is 0 Å². The van der Waals surface area contributed by atoms with E-state index in [0.717, 1.165) is 12.1 Å². The highest BCUT2D eigenvalue weighted by Gasteiger charge is 2.21. The van der Waals surface area contributed by atoms with Gasteiger partial charge in [-0.25, -0.2) is 13.6 Å². The fraction of sp³-hybridized carbons (Fsp3) is 0.417. The van der Waals surface area contributed by atoms with Crippen LogP contribution in [0.1, 0.15) is 30.6 Å². The molecule has 3 N–H and O–H groups in total. The molecule has 0 heterocycles. The van der Waals surface area contributed by atoms with E-state index in [1.54, 1.807) is 13.8 Å². The zero-order valence-electron chi connectivity index (χ0n) is 10.1. The van der Waals surface area contributed by atoms with E-state index in [2.05, 4.69) is 5.32 Å². The van der Waals surface area contributed by atoms with Crippen molar-refractivity contribution in [2.24, 2.45) is 0 Å². The average Bonchev–Trinajstić information content (AvgIpc) is 2.30. The van der Waals surface area contributed by atoms with Gasteiger partial charge in [0.2, 0.25) is 0 Å². The zero-order chi connectivity index (χ0) is 13.9. The van der Waals surface area contributed by atoms with Gasteiger partial charge in [-0.3, -0.25) is 0 Å². The highest BCUT2D eigenvalue weighted by Crippen LogP contribution is 2.21. The third kappa shape index (κ3) is 3.16. The van der Waals surface area contributed by atoms with Gasteiger partial charge in [-0.05, 0) is 25.5 Å². The maximum absolute atomic E-state index is 13.5. The molecule has 0 saturated carbocycles. The van der Waals surface area contributed by atoms with Gasteiger partial charge in [0, 0.05) is 6.54 Å². The number of hydrogen-bond donors (Lipinski definition) is 3. The number of hydrogen-bond acceptors (Lipinski definition) is 3. The molecule has 0 saturated heterocycles. The molecular formula is C12H15F2NO3. The number of carboxylic acids is 1. The van der Waals surface area contributed by atoms with E-state index >= 15 is 0 Å². The molecular weight excluding hydrogens is 244 g/mol. The van der Waals surface area contributed by atoms with Crippen molar-refractivity contribution in [3.8, 4) is 0 Å². The van der Waals surface area contributed by atoms with Crippen LogP contribution in [0.2, 0.25) is 0 Å². The zero-order valence-corrected chi connectivity index (χ0v) is 10.1.